The van der Waals surface area contributed by atoms with Crippen molar-refractivity contribution in [1.82, 2.24) is 30.8 Å². The molecule has 2 N–H and O–H groups in total. The molecule has 0 amide bonds. The van der Waals surface area contributed by atoms with E-state index in [4.69, 9.17) is 0 Å². The molecule has 72 valence electrons. The lowest BCUT2D eigenvalue weighted by atomic mass is 10.2. The maximum absolute atomic E-state index is 13.7. The highest BCUT2D eigenvalue weighted by Gasteiger charge is 2.31. The molecule has 2 heterocycles. The van der Waals surface area contributed by atoms with Crippen molar-refractivity contribution in [3.8, 4) is 11.5 Å². The van der Waals surface area contributed by atoms with Crippen molar-refractivity contribution >= 4 is 0 Å². The summed E-state index contributed by atoms with van der Waals surface area (Å²) in [7, 11) is 0. The van der Waals surface area contributed by atoms with Gasteiger partial charge in [-0.3, -0.25) is 5.10 Å². The van der Waals surface area contributed by atoms with Gasteiger partial charge in [0, 0.05) is 5.92 Å². The van der Waals surface area contributed by atoms with Crippen LogP contribution in [0.25, 0.3) is 11.5 Å². The standard InChI is InChI=1S/C7H7FN6/c8-4-5(3-1-2-3)9-10-6(4)7-11-13-14-12-7/h3H,1-2H2,(H,9,10)(H,11,12,13,14). The van der Waals surface area contributed by atoms with E-state index in [0.717, 1.165) is 12.8 Å². The number of hydrogen-bond acceptors (Lipinski definition) is 4. The first-order valence-corrected chi connectivity index (χ1v) is 4.34. The highest BCUT2D eigenvalue weighted by molar-refractivity contribution is 5.50. The molecule has 14 heavy (non-hydrogen) atoms. The summed E-state index contributed by atoms with van der Waals surface area (Å²) in [5.41, 5.74) is 0.699. The fourth-order valence-corrected chi connectivity index (χ4v) is 1.39. The fourth-order valence-electron chi connectivity index (χ4n) is 1.39. The van der Waals surface area contributed by atoms with Gasteiger partial charge in [0.25, 0.3) is 0 Å². The van der Waals surface area contributed by atoms with Crippen LogP contribution in [-0.2, 0) is 0 Å². The van der Waals surface area contributed by atoms with Gasteiger partial charge in [-0.15, -0.1) is 10.2 Å². The Kier molecular flexibility index (Phi) is 1.41. The van der Waals surface area contributed by atoms with Gasteiger partial charge in [0.15, 0.2) is 11.5 Å². The van der Waals surface area contributed by atoms with E-state index in [-0.39, 0.29) is 17.3 Å². The molecule has 0 aliphatic heterocycles. The molecule has 1 aliphatic rings. The molecule has 1 aliphatic carbocycles. The molecule has 1 fully saturated rings. The highest BCUT2D eigenvalue weighted by Crippen LogP contribution is 2.41. The SMILES string of the molecule is Fc1c(-c2nn[nH]n2)n[nH]c1C1CC1. The molecule has 0 atom stereocenters. The van der Waals surface area contributed by atoms with E-state index in [1.165, 1.54) is 0 Å². The summed E-state index contributed by atoms with van der Waals surface area (Å²) < 4.78 is 13.7. The summed E-state index contributed by atoms with van der Waals surface area (Å²) in [5, 5.41) is 19.5. The van der Waals surface area contributed by atoms with E-state index in [9.17, 15) is 4.39 Å². The third kappa shape index (κ3) is 1.02. The van der Waals surface area contributed by atoms with Gasteiger partial charge in [0.1, 0.15) is 0 Å². The minimum atomic E-state index is -0.353. The second kappa shape index (κ2) is 2.60. The van der Waals surface area contributed by atoms with Crippen LogP contribution in [0.5, 0.6) is 0 Å². The van der Waals surface area contributed by atoms with Gasteiger partial charge >= 0.3 is 0 Å². The molecule has 7 heteroatoms. The van der Waals surface area contributed by atoms with E-state index in [1.54, 1.807) is 0 Å². The van der Waals surface area contributed by atoms with E-state index in [0.29, 0.717) is 11.6 Å². The molecule has 0 unspecified atom stereocenters. The molecular weight excluding hydrogens is 187 g/mol. The normalized spacial score (nSPS) is 16.1. The van der Waals surface area contributed by atoms with Crippen molar-refractivity contribution in [1.29, 1.82) is 0 Å². The molecule has 0 spiro atoms. The highest BCUT2D eigenvalue weighted by atomic mass is 19.1. The van der Waals surface area contributed by atoms with Crippen LogP contribution in [0.15, 0.2) is 0 Å². The lowest BCUT2D eigenvalue weighted by molar-refractivity contribution is 0.613. The third-order valence-corrected chi connectivity index (χ3v) is 2.28. The van der Waals surface area contributed by atoms with Crippen LogP contribution >= 0.6 is 0 Å². The van der Waals surface area contributed by atoms with E-state index < -0.39 is 0 Å². The summed E-state index contributed by atoms with van der Waals surface area (Å²) in [4.78, 5) is 0. The number of hydrogen-bond donors (Lipinski definition) is 2. The van der Waals surface area contributed by atoms with Gasteiger partial charge < -0.3 is 0 Å². The first-order chi connectivity index (χ1) is 6.86. The molecule has 6 nitrogen and oxygen atoms in total. The molecule has 0 aromatic carbocycles. The van der Waals surface area contributed by atoms with Crippen molar-refractivity contribution in [3.63, 3.8) is 0 Å². The van der Waals surface area contributed by atoms with E-state index in [2.05, 4.69) is 30.8 Å². The van der Waals surface area contributed by atoms with Crippen molar-refractivity contribution in [2.45, 2.75) is 18.8 Å². The Hall–Kier alpha value is -1.79. The number of tetrazole rings is 1. The number of rotatable bonds is 2. The van der Waals surface area contributed by atoms with E-state index >= 15 is 0 Å². The van der Waals surface area contributed by atoms with Gasteiger partial charge in [-0.2, -0.15) is 10.3 Å². The number of nitrogens with zero attached hydrogens (tertiary/aromatic N) is 4. The van der Waals surface area contributed by atoms with Crippen molar-refractivity contribution in [2.24, 2.45) is 0 Å². The summed E-state index contributed by atoms with van der Waals surface area (Å²) >= 11 is 0. The number of H-pyrrole nitrogens is 2. The maximum Gasteiger partial charge on any atom is 0.227 e. The Balaban J connectivity index is 2.06. The van der Waals surface area contributed by atoms with Crippen molar-refractivity contribution < 1.29 is 4.39 Å². The summed E-state index contributed by atoms with van der Waals surface area (Å²) in [6.45, 7) is 0. The Morgan fingerprint density at radius 1 is 1.29 bits per heavy atom. The van der Waals surface area contributed by atoms with Crippen LogP contribution in [0.2, 0.25) is 0 Å². The zero-order valence-corrected chi connectivity index (χ0v) is 7.16. The number of halogens is 1. The van der Waals surface area contributed by atoms with Crippen molar-refractivity contribution in [3.05, 3.63) is 11.5 Å². The minimum Gasteiger partial charge on any atom is -0.278 e. The molecule has 2 aromatic heterocycles. The summed E-state index contributed by atoms with van der Waals surface area (Å²) in [6, 6.07) is 0. The average Bonchev–Trinajstić information content (AvgIpc) is 2.76. The molecule has 0 saturated heterocycles. The quantitative estimate of drug-likeness (QED) is 0.733. The zero-order valence-electron chi connectivity index (χ0n) is 7.16. The van der Waals surface area contributed by atoms with Gasteiger partial charge in [0.2, 0.25) is 5.82 Å². The average molecular weight is 194 g/mol. The molecule has 0 radical (unpaired) electrons. The molecule has 3 rings (SSSR count). The second-order valence-electron chi connectivity index (χ2n) is 3.31. The van der Waals surface area contributed by atoms with Crippen LogP contribution in [0.1, 0.15) is 24.5 Å². The number of aromatic amines is 2. The Labute approximate surface area is 77.9 Å². The zero-order chi connectivity index (χ0) is 9.54. The summed E-state index contributed by atoms with van der Waals surface area (Å²) in [5.74, 6) is 0.128. The molecular formula is C7H7FN6. The smallest absolute Gasteiger partial charge is 0.227 e. The Morgan fingerprint density at radius 2 is 2.14 bits per heavy atom. The maximum atomic E-state index is 13.7. The van der Waals surface area contributed by atoms with Gasteiger partial charge in [-0.05, 0) is 18.1 Å². The number of nitrogens with one attached hydrogen (secondary N) is 2. The van der Waals surface area contributed by atoms with E-state index in [1.807, 2.05) is 0 Å². The minimum absolute atomic E-state index is 0.139. The monoisotopic (exact) mass is 194 g/mol. The second-order valence-corrected chi connectivity index (χ2v) is 3.31. The van der Waals surface area contributed by atoms with Crippen molar-refractivity contribution in [2.75, 3.05) is 0 Å². The molecule has 1 saturated carbocycles. The van der Waals surface area contributed by atoms with Gasteiger partial charge in [-0.1, -0.05) is 0 Å². The number of aromatic nitrogens is 6. The summed E-state index contributed by atoms with van der Waals surface area (Å²) in [6.07, 6.45) is 2.04. The van der Waals surface area contributed by atoms with Crippen LogP contribution in [0.3, 0.4) is 0 Å². The molecule has 2 aromatic rings. The lowest BCUT2D eigenvalue weighted by Crippen LogP contribution is -1.86. The lowest BCUT2D eigenvalue weighted by Gasteiger charge is -1.89. The molecule has 0 bridgehead atoms. The van der Waals surface area contributed by atoms with Gasteiger partial charge in [0.05, 0.1) is 5.69 Å². The first kappa shape index (κ1) is 7.60. The predicted molar refractivity (Wildman–Crippen MR) is 43.7 cm³/mol. The van der Waals surface area contributed by atoms with Gasteiger partial charge in [-0.25, -0.2) is 4.39 Å². The van der Waals surface area contributed by atoms with Crippen LogP contribution in [0, 0.1) is 5.82 Å². The van der Waals surface area contributed by atoms with Crippen LogP contribution < -0.4 is 0 Å². The third-order valence-electron chi connectivity index (χ3n) is 2.28. The van der Waals surface area contributed by atoms with Crippen LogP contribution in [-0.4, -0.2) is 30.8 Å². The first-order valence-electron chi connectivity index (χ1n) is 4.34. The van der Waals surface area contributed by atoms with Crippen LogP contribution in [0.4, 0.5) is 4.39 Å². The largest absolute Gasteiger partial charge is 0.278 e. The topological polar surface area (TPSA) is 83.1 Å². The Bertz CT molecular complexity index is 443. The fraction of sp³-hybridized carbons (Fsp3) is 0.429. The Morgan fingerprint density at radius 3 is 2.79 bits per heavy atom. The predicted octanol–water partition coefficient (Wildman–Crippen LogP) is 0.606.